The number of ether oxygens (including phenoxy) is 2. The second-order valence-electron chi connectivity index (χ2n) is 6.23. The number of para-hydroxylation sites is 1. The van der Waals surface area contributed by atoms with Gasteiger partial charge in [-0.25, -0.2) is 4.79 Å². The minimum absolute atomic E-state index is 0.0407. The van der Waals surface area contributed by atoms with E-state index < -0.39 is 18.0 Å². The number of esters is 1. The van der Waals surface area contributed by atoms with Crippen LogP contribution in [0.25, 0.3) is 0 Å². The Balaban J connectivity index is 2.00. The van der Waals surface area contributed by atoms with Gasteiger partial charge in [-0.2, -0.15) is 0 Å². The van der Waals surface area contributed by atoms with Gasteiger partial charge in [-0.05, 0) is 19.1 Å². The standard InChI is InChI=1S/C18H21N3O6/c1-10-16(23)20(2)13-6-4-5-12(15(13)27-10)19-14-11(18(25)26-3)9-21(7-8-22)17(14)24/h4-6,10,19,22H,7-9H2,1-3H3. The van der Waals surface area contributed by atoms with Crippen LogP contribution in [0.15, 0.2) is 29.5 Å². The zero-order valence-corrected chi connectivity index (χ0v) is 15.3. The summed E-state index contributed by atoms with van der Waals surface area (Å²) < 4.78 is 10.5. The Bertz CT molecular complexity index is 834. The maximum atomic E-state index is 12.7. The predicted molar refractivity (Wildman–Crippen MR) is 96.3 cm³/mol. The number of carbonyl (C=O) groups excluding carboxylic acids is 3. The zero-order valence-electron chi connectivity index (χ0n) is 15.3. The molecule has 1 unspecified atom stereocenters. The van der Waals surface area contributed by atoms with Crippen molar-refractivity contribution in [2.75, 3.05) is 44.1 Å². The summed E-state index contributed by atoms with van der Waals surface area (Å²) in [6, 6.07) is 5.14. The van der Waals surface area contributed by atoms with Crippen LogP contribution in [-0.2, 0) is 19.1 Å². The van der Waals surface area contributed by atoms with E-state index in [0.717, 1.165) is 0 Å². The number of carbonyl (C=O) groups is 3. The topological polar surface area (TPSA) is 108 Å². The molecule has 9 nitrogen and oxygen atoms in total. The van der Waals surface area contributed by atoms with Crippen LogP contribution in [0.2, 0.25) is 0 Å². The molecule has 3 rings (SSSR count). The number of anilines is 2. The SMILES string of the molecule is COC(=O)C1=C(Nc2cccc3c2OC(C)C(=O)N3C)C(=O)N(CCO)C1. The van der Waals surface area contributed by atoms with Crippen molar-refractivity contribution in [2.24, 2.45) is 0 Å². The fourth-order valence-corrected chi connectivity index (χ4v) is 3.11. The highest BCUT2D eigenvalue weighted by molar-refractivity contribution is 6.09. The molecular weight excluding hydrogens is 354 g/mol. The molecule has 0 aliphatic carbocycles. The summed E-state index contributed by atoms with van der Waals surface area (Å²) in [5, 5.41) is 12.1. The molecule has 0 saturated heterocycles. The highest BCUT2D eigenvalue weighted by atomic mass is 16.5. The van der Waals surface area contributed by atoms with E-state index in [2.05, 4.69) is 5.32 Å². The van der Waals surface area contributed by atoms with Crippen LogP contribution in [0.1, 0.15) is 6.92 Å². The molecule has 9 heteroatoms. The van der Waals surface area contributed by atoms with Gasteiger partial charge in [0.25, 0.3) is 11.8 Å². The molecule has 144 valence electrons. The van der Waals surface area contributed by atoms with Crippen molar-refractivity contribution in [2.45, 2.75) is 13.0 Å². The van der Waals surface area contributed by atoms with Gasteiger partial charge in [0.15, 0.2) is 11.9 Å². The van der Waals surface area contributed by atoms with Gasteiger partial charge in [0.05, 0.1) is 37.2 Å². The van der Waals surface area contributed by atoms with E-state index in [0.29, 0.717) is 17.1 Å². The van der Waals surface area contributed by atoms with Crippen LogP contribution >= 0.6 is 0 Å². The van der Waals surface area contributed by atoms with Crippen molar-refractivity contribution < 1.29 is 29.0 Å². The third-order valence-corrected chi connectivity index (χ3v) is 4.54. The number of methoxy groups -OCH3 is 1. The fraction of sp³-hybridized carbons (Fsp3) is 0.389. The molecule has 2 heterocycles. The summed E-state index contributed by atoms with van der Waals surface area (Å²) >= 11 is 0. The third kappa shape index (κ3) is 3.21. The lowest BCUT2D eigenvalue weighted by Gasteiger charge is -2.31. The Morgan fingerprint density at radius 1 is 1.41 bits per heavy atom. The van der Waals surface area contributed by atoms with Crippen LogP contribution in [0.4, 0.5) is 11.4 Å². The lowest BCUT2D eigenvalue weighted by molar-refractivity contribution is -0.136. The summed E-state index contributed by atoms with van der Waals surface area (Å²) in [6.45, 7) is 1.56. The van der Waals surface area contributed by atoms with Crippen LogP contribution in [0.3, 0.4) is 0 Å². The van der Waals surface area contributed by atoms with E-state index in [1.54, 1.807) is 32.2 Å². The number of nitrogens with one attached hydrogen (secondary N) is 1. The Morgan fingerprint density at radius 2 is 2.15 bits per heavy atom. The summed E-state index contributed by atoms with van der Waals surface area (Å²) in [6.07, 6.45) is -0.676. The van der Waals surface area contributed by atoms with E-state index in [1.807, 2.05) is 0 Å². The second kappa shape index (κ2) is 7.28. The highest BCUT2D eigenvalue weighted by Crippen LogP contribution is 2.40. The Hall–Kier alpha value is -3.07. The lowest BCUT2D eigenvalue weighted by atomic mass is 10.1. The average molecular weight is 375 g/mol. The van der Waals surface area contributed by atoms with Gasteiger partial charge in [0.2, 0.25) is 0 Å². The van der Waals surface area contributed by atoms with Crippen molar-refractivity contribution >= 4 is 29.2 Å². The van der Waals surface area contributed by atoms with Crippen molar-refractivity contribution in [1.82, 2.24) is 4.90 Å². The lowest BCUT2D eigenvalue weighted by Crippen LogP contribution is -2.42. The second-order valence-corrected chi connectivity index (χ2v) is 6.23. The van der Waals surface area contributed by atoms with Gasteiger partial charge in [-0.15, -0.1) is 0 Å². The highest BCUT2D eigenvalue weighted by Gasteiger charge is 2.36. The quantitative estimate of drug-likeness (QED) is 0.703. The minimum atomic E-state index is -0.676. The van der Waals surface area contributed by atoms with Crippen molar-refractivity contribution in [3.63, 3.8) is 0 Å². The summed E-state index contributed by atoms with van der Waals surface area (Å²) in [5.74, 6) is -0.814. The normalized spacial score (nSPS) is 19.2. The summed E-state index contributed by atoms with van der Waals surface area (Å²) in [5.41, 5.74) is 1.25. The molecule has 1 atom stereocenters. The van der Waals surface area contributed by atoms with Gasteiger partial charge in [-0.3, -0.25) is 9.59 Å². The van der Waals surface area contributed by atoms with Crippen LogP contribution in [0, 0.1) is 0 Å². The summed E-state index contributed by atoms with van der Waals surface area (Å²) in [7, 11) is 2.88. The number of benzene rings is 1. The van der Waals surface area contributed by atoms with Gasteiger partial charge in [0, 0.05) is 13.6 Å². The van der Waals surface area contributed by atoms with E-state index in [9.17, 15) is 14.4 Å². The molecule has 2 N–H and O–H groups in total. The number of aliphatic hydroxyl groups excluding tert-OH is 1. The molecule has 0 spiro atoms. The molecule has 2 aliphatic heterocycles. The number of aliphatic hydroxyl groups is 1. The number of rotatable bonds is 5. The first kappa shape index (κ1) is 18.7. The van der Waals surface area contributed by atoms with Crippen LogP contribution in [-0.4, -0.2) is 67.7 Å². The van der Waals surface area contributed by atoms with E-state index in [-0.39, 0.29) is 36.9 Å². The number of fused-ring (bicyclic) bond motifs is 1. The maximum Gasteiger partial charge on any atom is 0.337 e. The Kier molecular flexibility index (Phi) is 5.04. The third-order valence-electron chi connectivity index (χ3n) is 4.54. The van der Waals surface area contributed by atoms with Gasteiger partial charge in [-0.1, -0.05) is 6.07 Å². The van der Waals surface area contributed by atoms with E-state index in [4.69, 9.17) is 14.6 Å². The zero-order chi connectivity index (χ0) is 19.7. The molecule has 2 amide bonds. The number of amides is 2. The molecule has 0 bridgehead atoms. The molecule has 1 aromatic carbocycles. The van der Waals surface area contributed by atoms with E-state index >= 15 is 0 Å². The Labute approximate surface area is 156 Å². The number of nitrogens with zero attached hydrogens (tertiary/aromatic N) is 2. The molecule has 0 saturated carbocycles. The van der Waals surface area contributed by atoms with Gasteiger partial charge in [0.1, 0.15) is 5.70 Å². The first-order chi connectivity index (χ1) is 12.9. The Morgan fingerprint density at radius 3 is 2.81 bits per heavy atom. The maximum absolute atomic E-state index is 12.7. The smallest absolute Gasteiger partial charge is 0.337 e. The number of hydrogen-bond acceptors (Lipinski definition) is 7. The number of likely N-dealkylation sites (N-methyl/N-ethyl adjacent to an activating group) is 1. The predicted octanol–water partition coefficient (Wildman–Crippen LogP) is 0.104. The number of β-amino-alcohol motifs (C(OH)–C–C–N with tert-alkyl or cyclic N) is 1. The molecule has 0 fully saturated rings. The molecule has 2 aliphatic rings. The van der Waals surface area contributed by atoms with Gasteiger partial charge >= 0.3 is 5.97 Å². The van der Waals surface area contributed by atoms with Gasteiger partial charge < -0.3 is 29.7 Å². The minimum Gasteiger partial charge on any atom is -0.476 e. The molecular formula is C18H21N3O6. The first-order valence-electron chi connectivity index (χ1n) is 8.44. The average Bonchev–Trinajstić information content (AvgIpc) is 2.96. The first-order valence-corrected chi connectivity index (χ1v) is 8.44. The van der Waals surface area contributed by atoms with Crippen molar-refractivity contribution in [3.8, 4) is 5.75 Å². The molecule has 1 aromatic rings. The monoisotopic (exact) mass is 375 g/mol. The van der Waals surface area contributed by atoms with Crippen molar-refractivity contribution in [1.29, 1.82) is 0 Å². The largest absolute Gasteiger partial charge is 0.476 e. The van der Waals surface area contributed by atoms with Crippen LogP contribution < -0.4 is 15.0 Å². The number of hydrogen-bond donors (Lipinski definition) is 2. The molecule has 0 aromatic heterocycles. The fourth-order valence-electron chi connectivity index (χ4n) is 3.11. The van der Waals surface area contributed by atoms with Crippen molar-refractivity contribution in [3.05, 3.63) is 29.5 Å². The molecule has 27 heavy (non-hydrogen) atoms. The molecule has 0 radical (unpaired) electrons. The summed E-state index contributed by atoms with van der Waals surface area (Å²) in [4.78, 5) is 39.7. The van der Waals surface area contributed by atoms with E-state index in [1.165, 1.54) is 16.9 Å². The van der Waals surface area contributed by atoms with Crippen LogP contribution in [0.5, 0.6) is 5.75 Å².